The third-order valence-corrected chi connectivity index (χ3v) is 2.88. The van der Waals surface area contributed by atoms with Crippen LogP contribution >= 0.6 is 12.4 Å². The molecule has 2 aromatic carbocycles. The maximum Gasteiger partial charge on any atom is -0.00217 e. The van der Waals surface area contributed by atoms with E-state index in [1.54, 1.807) is 0 Å². The Morgan fingerprint density at radius 3 is 2.35 bits per heavy atom. The van der Waals surface area contributed by atoms with Crippen molar-refractivity contribution in [2.75, 3.05) is 20.6 Å². The van der Waals surface area contributed by atoms with E-state index < -0.39 is 0 Å². The average molecular weight is 250 g/mol. The van der Waals surface area contributed by atoms with Crippen LogP contribution in [-0.4, -0.2) is 25.5 Å². The topological polar surface area (TPSA) is 3.24 Å². The molecule has 0 heterocycles. The maximum atomic E-state index is 2.31. The van der Waals surface area contributed by atoms with Gasteiger partial charge in [-0.3, -0.25) is 0 Å². The zero-order chi connectivity index (χ0) is 11.4. The van der Waals surface area contributed by atoms with Gasteiger partial charge in [0.2, 0.25) is 0 Å². The highest BCUT2D eigenvalue weighted by Crippen LogP contribution is 2.16. The highest BCUT2D eigenvalue weighted by Gasteiger charge is 1.97. The molecule has 1 nitrogen and oxygen atoms in total. The smallest absolute Gasteiger partial charge is 0.00217 e. The molecule has 2 aromatic rings. The number of fused-ring (bicyclic) bond motifs is 1. The summed E-state index contributed by atoms with van der Waals surface area (Å²) in [6, 6.07) is 15.3. The fourth-order valence-electron chi connectivity index (χ4n) is 1.99. The van der Waals surface area contributed by atoms with Crippen LogP contribution in [0.1, 0.15) is 12.0 Å². The molecule has 0 N–H and O–H groups in total. The van der Waals surface area contributed by atoms with Crippen molar-refractivity contribution in [2.45, 2.75) is 12.8 Å². The molecule has 0 atom stereocenters. The third kappa shape index (κ3) is 4.03. The molecule has 2 heteroatoms. The predicted octanol–water partition coefficient (Wildman–Crippen LogP) is 3.76. The molecule has 0 spiro atoms. The number of hydrogen-bond acceptors (Lipinski definition) is 1. The van der Waals surface area contributed by atoms with E-state index in [9.17, 15) is 0 Å². The first-order chi connectivity index (χ1) is 7.75. The Hall–Kier alpha value is -1.05. The van der Waals surface area contributed by atoms with Crippen molar-refractivity contribution in [3.05, 3.63) is 48.0 Å². The van der Waals surface area contributed by atoms with Crippen LogP contribution in [0.2, 0.25) is 0 Å². The molecule has 92 valence electrons. The molecule has 0 bridgehead atoms. The Balaban J connectivity index is 0.00000144. The van der Waals surface area contributed by atoms with Gasteiger partial charge in [0.15, 0.2) is 0 Å². The molecule has 0 fully saturated rings. The van der Waals surface area contributed by atoms with Gasteiger partial charge in [0, 0.05) is 0 Å². The highest BCUT2D eigenvalue weighted by atomic mass is 35.5. The van der Waals surface area contributed by atoms with Crippen LogP contribution in [0.3, 0.4) is 0 Å². The molecule has 0 aliphatic heterocycles. The van der Waals surface area contributed by atoms with Crippen LogP contribution in [0, 0.1) is 0 Å². The van der Waals surface area contributed by atoms with Crippen molar-refractivity contribution < 1.29 is 0 Å². The molecule has 0 aliphatic rings. The van der Waals surface area contributed by atoms with Gasteiger partial charge >= 0.3 is 0 Å². The Labute approximate surface area is 110 Å². The van der Waals surface area contributed by atoms with Gasteiger partial charge in [-0.1, -0.05) is 42.5 Å². The molecule has 0 saturated carbocycles. The third-order valence-electron chi connectivity index (χ3n) is 2.88. The van der Waals surface area contributed by atoms with Gasteiger partial charge in [-0.05, 0) is 49.8 Å². The van der Waals surface area contributed by atoms with Crippen molar-refractivity contribution in [1.29, 1.82) is 0 Å². The van der Waals surface area contributed by atoms with Crippen LogP contribution < -0.4 is 0 Å². The van der Waals surface area contributed by atoms with Gasteiger partial charge in [-0.15, -0.1) is 12.4 Å². The number of halogens is 1. The summed E-state index contributed by atoms with van der Waals surface area (Å²) >= 11 is 0. The largest absolute Gasteiger partial charge is 0.309 e. The summed E-state index contributed by atoms with van der Waals surface area (Å²) in [6.07, 6.45) is 2.40. The molecule has 2 rings (SSSR count). The Morgan fingerprint density at radius 2 is 1.65 bits per heavy atom. The highest BCUT2D eigenvalue weighted by molar-refractivity contribution is 5.85. The quantitative estimate of drug-likeness (QED) is 0.798. The van der Waals surface area contributed by atoms with Crippen molar-refractivity contribution in [3.63, 3.8) is 0 Å². The fraction of sp³-hybridized carbons (Fsp3) is 0.333. The van der Waals surface area contributed by atoms with Crippen molar-refractivity contribution >= 4 is 23.2 Å². The van der Waals surface area contributed by atoms with Crippen LogP contribution in [0.15, 0.2) is 42.5 Å². The van der Waals surface area contributed by atoms with Gasteiger partial charge in [0.25, 0.3) is 0 Å². The monoisotopic (exact) mass is 249 g/mol. The van der Waals surface area contributed by atoms with Crippen LogP contribution in [0.4, 0.5) is 0 Å². The van der Waals surface area contributed by atoms with E-state index >= 15 is 0 Å². The summed E-state index contributed by atoms with van der Waals surface area (Å²) in [5.74, 6) is 0. The SMILES string of the molecule is CN(C)CCCc1ccc2ccccc2c1.Cl. The molecule has 0 unspecified atom stereocenters. The minimum Gasteiger partial charge on any atom is -0.309 e. The second-order valence-corrected chi connectivity index (χ2v) is 4.59. The first-order valence-corrected chi connectivity index (χ1v) is 5.88. The zero-order valence-corrected chi connectivity index (χ0v) is 11.3. The van der Waals surface area contributed by atoms with E-state index in [0.717, 1.165) is 6.54 Å². The van der Waals surface area contributed by atoms with E-state index in [1.165, 1.54) is 29.2 Å². The van der Waals surface area contributed by atoms with E-state index in [2.05, 4.69) is 61.5 Å². The Morgan fingerprint density at radius 1 is 0.941 bits per heavy atom. The number of benzene rings is 2. The van der Waals surface area contributed by atoms with Crippen LogP contribution in [0.5, 0.6) is 0 Å². The average Bonchev–Trinajstić information content (AvgIpc) is 2.28. The van der Waals surface area contributed by atoms with E-state index in [0.29, 0.717) is 0 Å². The van der Waals surface area contributed by atoms with Crippen molar-refractivity contribution in [3.8, 4) is 0 Å². The minimum absolute atomic E-state index is 0. The lowest BCUT2D eigenvalue weighted by atomic mass is 10.0. The van der Waals surface area contributed by atoms with Gasteiger partial charge < -0.3 is 4.90 Å². The number of hydrogen-bond donors (Lipinski definition) is 0. The predicted molar refractivity (Wildman–Crippen MR) is 78.1 cm³/mol. The standard InChI is InChI=1S/C15H19N.ClH/c1-16(2)11-5-6-13-9-10-14-7-3-4-8-15(14)12-13;/h3-4,7-10,12H,5-6,11H2,1-2H3;1H. The summed E-state index contributed by atoms with van der Waals surface area (Å²) in [4.78, 5) is 2.24. The minimum atomic E-state index is 0. The molecule has 0 radical (unpaired) electrons. The number of aryl methyl sites for hydroxylation is 1. The van der Waals surface area contributed by atoms with E-state index in [-0.39, 0.29) is 12.4 Å². The van der Waals surface area contributed by atoms with E-state index in [1.807, 2.05) is 0 Å². The van der Waals surface area contributed by atoms with Crippen molar-refractivity contribution in [2.24, 2.45) is 0 Å². The van der Waals surface area contributed by atoms with Crippen LogP contribution in [-0.2, 0) is 6.42 Å². The molecule has 0 amide bonds. The van der Waals surface area contributed by atoms with E-state index in [4.69, 9.17) is 0 Å². The molecule has 0 aliphatic carbocycles. The first kappa shape index (κ1) is 14.0. The lowest BCUT2D eigenvalue weighted by molar-refractivity contribution is 0.400. The van der Waals surface area contributed by atoms with Crippen molar-refractivity contribution in [1.82, 2.24) is 4.90 Å². The van der Waals surface area contributed by atoms with Gasteiger partial charge in [0.05, 0.1) is 0 Å². The number of nitrogens with zero attached hydrogens (tertiary/aromatic N) is 1. The summed E-state index contributed by atoms with van der Waals surface area (Å²) in [6.45, 7) is 1.16. The second-order valence-electron chi connectivity index (χ2n) is 4.59. The summed E-state index contributed by atoms with van der Waals surface area (Å²) in [7, 11) is 4.25. The van der Waals surface area contributed by atoms with Crippen LogP contribution in [0.25, 0.3) is 10.8 Å². The second kappa shape index (κ2) is 6.63. The lowest BCUT2D eigenvalue weighted by Crippen LogP contribution is -2.13. The molecular formula is C15H20ClN. The lowest BCUT2D eigenvalue weighted by Gasteiger charge is -2.09. The summed E-state index contributed by atoms with van der Waals surface area (Å²) < 4.78 is 0. The maximum absolute atomic E-state index is 2.31. The van der Waals surface area contributed by atoms with Gasteiger partial charge in [0.1, 0.15) is 0 Å². The fourth-order valence-corrected chi connectivity index (χ4v) is 1.99. The Bertz CT molecular complexity index is 465. The molecule has 0 aromatic heterocycles. The van der Waals surface area contributed by atoms with Gasteiger partial charge in [-0.25, -0.2) is 0 Å². The molecule has 17 heavy (non-hydrogen) atoms. The summed E-state index contributed by atoms with van der Waals surface area (Å²) in [5, 5.41) is 2.68. The Kier molecular flexibility index (Phi) is 5.46. The summed E-state index contributed by atoms with van der Waals surface area (Å²) in [5.41, 5.74) is 1.44. The first-order valence-electron chi connectivity index (χ1n) is 5.88. The molecule has 0 saturated heterocycles. The zero-order valence-electron chi connectivity index (χ0n) is 10.5. The normalized spacial score (nSPS) is 10.5. The molecular weight excluding hydrogens is 230 g/mol. The van der Waals surface area contributed by atoms with Gasteiger partial charge in [-0.2, -0.15) is 0 Å². The number of rotatable bonds is 4.